The van der Waals surface area contributed by atoms with Gasteiger partial charge in [-0.05, 0) is 38.1 Å². The molecule has 3 heterocycles. The number of hydrogen-bond donors (Lipinski definition) is 1. The number of hydrogen-bond acceptors (Lipinski definition) is 4. The highest BCUT2D eigenvalue weighted by Gasteiger charge is 2.31. The van der Waals surface area contributed by atoms with Gasteiger partial charge in [0, 0.05) is 30.6 Å². The molecule has 2 aliphatic rings. The van der Waals surface area contributed by atoms with Gasteiger partial charge in [-0.25, -0.2) is 9.37 Å². The van der Waals surface area contributed by atoms with E-state index in [0.717, 1.165) is 32.5 Å². The normalized spacial score (nSPS) is 22.5. The lowest BCUT2D eigenvalue weighted by Gasteiger charge is -2.32. The Bertz CT molecular complexity index is 780. The van der Waals surface area contributed by atoms with E-state index in [-0.39, 0.29) is 23.3 Å². The second kappa shape index (κ2) is 5.14. The Morgan fingerprint density at radius 1 is 1.32 bits per heavy atom. The lowest BCUT2D eigenvalue weighted by atomic mass is 9.97. The van der Waals surface area contributed by atoms with Crippen LogP contribution in [0.15, 0.2) is 23.1 Å². The molecule has 5 nitrogen and oxygen atoms in total. The van der Waals surface area contributed by atoms with Crippen molar-refractivity contribution in [1.29, 1.82) is 0 Å². The minimum atomic E-state index is -0.232. The molecule has 6 heteroatoms. The molecule has 1 aromatic heterocycles. The number of benzene rings is 1. The van der Waals surface area contributed by atoms with E-state index in [1.807, 2.05) is 0 Å². The molecule has 2 N–H and O–H groups in total. The van der Waals surface area contributed by atoms with Crippen molar-refractivity contribution in [3.8, 4) is 0 Å². The molecule has 0 radical (unpaired) electrons. The molecule has 1 aromatic carbocycles. The third-order valence-corrected chi connectivity index (χ3v) is 4.91. The van der Waals surface area contributed by atoms with Crippen molar-refractivity contribution in [2.75, 3.05) is 19.6 Å². The summed E-state index contributed by atoms with van der Waals surface area (Å²) in [6, 6.07) is 3.39. The highest BCUT2D eigenvalue weighted by Crippen LogP contribution is 2.34. The van der Waals surface area contributed by atoms with Crippen LogP contribution in [0.3, 0.4) is 0 Å². The lowest BCUT2D eigenvalue weighted by Crippen LogP contribution is -2.41. The monoisotopic (exact) mass is 302 g/mol. The molecule has 0 spiro atoms. The third-order valence-electron chi connectivity index (χ3n) is 4.91. The van der Waals surface area contributed by atoms with E-state index in [9.17, 15) is 9.18 Å². The van der Waals surface area contributed by atoms with Gasteiger partial charge in [-0.15, -0.1) is 0 Å². The molecule has 22 heavy (non-hydrogen) atoms. The van der Waals surface area contributed by atoms with Gasteiger partial charge in [0.2, 0.25) is 0 Å². The van der Waals surface area contributed by atoms with Crippen molar-refractivity contribution in [3.05, 3.63) is 40.1 Å². The van der Waals surface area contributed by atoms with Gasteiger partial charge in [-0.2, -0.15) is 0 Å². The topological polar surface area (TPSA) is 64.2 Å². The largest absolute Gasteiger partial charge is 0.328 e. The number of halogens is 1. The molecule has 1 saturated heterocycles. The first kappa shape index (κ1) is 13.8. The summed E-state index contributed by atoms with van der Waals surface area (Å²) in [6.45, 7) is 3.19. The summed E-state index contributed by atoms with van der Waals surface area (Å²) in [7, 11) is 0. The van der Waals surface area contributed by atoms with Crippen LogP contribution in [0.2, 0.25) is 0 Å². The van der Waals surface area contributed by atoms with Crippen molar-refractivity contribution in [2.24, 2.45) is 5.73 Å². The Balaban J connectivity index is 1.70. The fourth-order valence-electron chi connectivity index (χ4n) is 3.74. The Kier molecular flexibility index (Phi) is 3.23. The van der Waals surface area contributed by atoms with Crippen LogP contribution in [0.5, 0.6) is 0 Å². The maximum atomic E-state index is 14.4. The summed E-state index contributed by atoms with van der Waals surface area (Å²) in [5, 5.41) is 0. The zero-order valence-electron chi connectivity index (χ0n) is 12.3. The van der Waals surface area contributed by atoms with Crippen molar-refractivity contribution in [1.82, 2.24) is 14.5 Å². The van der Waals surface area contributed by atoms with Crippen LogP contribution >= 0.6 is 0 Å². The Labute approximate surface area is 127 Å². The molecule has 4 rings (SSSR count). The molecule has 2 aliphatic heterocycles. The summed E-state index contributed by atoms with van der Waals surface area (Å²) >= 11 is 0. The highest BCUT2D eigenvalue weighted by atomic mass is 19.1. The Morgan fingerprint density at radius 2 is 2.09 bits per heavy atom. The highest BCUT2D eigenvalue weighted by molar-refractivity contribution is 5.80. The van der Waals surface area contributed by atoms with Crippen LogP contribution in [-0.2, 0) is 6.54 Å². The van der Waals surface area contributed by atoms with Crippen LogP contribution in [0.1, 0.15) is 24.3 Å². The predicted molar refractivity (Wildman–Crippen MR) is 82.4 cm³/mol. The standard InChI is InChI=1S/C16H19FN4O/c17-12-1-2-13-16-15(12)10(9-21(16)14(22)7-19-13)8-20-5-3-11(18)4-6-20/h1-2,7,10-11H,3-6,8-9,18H2. The smallest absolute Gasteiger partial charge is 0.269 e. The van der Waals surface area contributed by atoms with Crippen molar-refractivity contribution < 1.29 is 4.39 Å². The van der Waals surface area contributed by atoms with Gasteiger partial charge in [0.05, 0.1) is 17.2 Å². The average Bonchev–Trinajstić information content (AvgIpc) is 2.89. The predicted octanol–water partition coefficient (Wildman–Crippen LogP) is 1.06. The van der Waals surface area contributed by atoms with E-state index in [2.05, 4.69) is 9.88 Å². The SMILES string of the molecule is NC1CCN(CC2Cn3c(=O)cnc4ccc(F)c2c43)CC1. The minimum Gasteiger partial charge on any atom is -0.328 e. The number of nitrogens with two attached hydrogens (primary N) is 1. The summed E-state index contributed by atoms with van der Waals surface area (Å²) in [5.74, 6) is -0.222. The molecule has 1 fully saturated rings. The van der Waals surface area contributed by atoms with E-state index < -0.39 is 0 Å². The van der Waals surface area contributed by atoms with Gasteiger partial charge in [-0.3, -0.25) is 4.79 Å². The number of likely N-dealkylation sites (tertiary alicyclic amines) is 1. The van der Waals surface area contributed by atoms with E-state index in [4.69, 9.17) is 5.73 Å². The number of rotatable bonds is 2. The fourth-order valence-corrected chi connectivity index (χ4v) is 3.74. The maximum Gasteiger partial charge on any atom is 0.269 e. The first-order chi connectivity index (χ1) is 10.6. The summed E-state index contributed by atoms with van der Waals surface area (Å²) < 4.78 is 16.0. The first-order valence-electron chi connectivity index (χ1n) is 7.79. The molecular formula is C16H19FN4O. The average molecular weight is 302 g/mol. The first-order valence-corrected chi connectivity index (χ1v) is 7.79. The van der Waals surface area contributed by atoms with Crippen LogP contribution in [-0.4, -0.2) is 40.1 Å². The van der Waals surface area contributed by atoms with Crippen molar-refractivity contribution in [2.45, 2.75) is 31.3 Å². The molecule has 2 aromatic rings. The maximum absolute atomic E-state index is 14.4. The van der Waals surface area contributed by atoms with Gasteiger partial charge >= 0.3 is 0 Å². The molecule has 0 saturated carbocycles. The lowest BCUT2D eigenvalue weighted by molar-refractivity contribution is 0.198. The van der Waals surface area contributed by atoms with E-state index >= 15 is 0 Å². The molecular weight excluding hydrogens is 283 g/mol. The van der Waals surface area contributed by atoms with Gasteiger partial charge in [0.1, 0.15) is 5.82 Å². The molecule has 0 aliphatic carbocycles. The van der Waals surface area contributed by atoms with Gasteiger partial charge in [-0.1, -0.05) is 0 Å². The van der Waals surface area contributed by atoms with Gasteiger partial charge in [0.15, 0.2) is 0 Å². The van der Waals surface area contributed by atoms with Gasteiger partial charge < -0.3 is 15.2 Å². The van der Waals surface area contributed by atoms with E-state index in [1.165, 1.54) is 12.3 Å². The van der Waals surface area contributed by atoms with Crippen LogP contribution in [0.25, 0.3) is 11.0 Å². The fraction of sp³-hybridized carbons (Fsp3) is 0.500. The van der Waals surface area contributed by atoms with Crippen LogP contribution in [0, 0.1) is 5.82 Å². The number of aromatic nitrogens is 2. The third kappa shape index (κ3) is 2.14. The number of nitrogens with zero attached hydrogens (tertiary/aromatic N) is 3. The molecule has 1 unspecified atom stereocenters. The van der Waals surface area contributed by atoms with Crippen LogP contribution in [0.4, 0.5) is 4.39 Å². The van der Waals surface area contributed by atoms with Crippen molar-refractivity contribution >= 4 is 11.0 Å². The Morgan fingerprint density at radius 3 is 2.86 bits per heavy atom. The van der Waals surface area contributed by atoms with E-state index in [1.54, 1.807) is 10.6 Å². The summed E-state index contributed by atoms with van der Waals surface area (Å²) in [4.78, 5) is 18.5. The molecule has 0 bridgehead atoms. The quantitative estimate of drug-likeness (QED) is 0.901. The Hall–Kier alpha value is -1.79. The zero-order chi connectivity index (χ0) is 15.3. The second-order valence-corrected chi connectivity index (χ2v) is 6.37. The molecule has 1 atom stereocenters. The number of piperidine rings is 1. The van der Waals surface area contributed by atoms with Gasteiger partial charge in [0.25, 0.3) is 5.56 Å². The molecule has 0 amide bonds. The summed E-state index contributed by atoms with van der Waals surface area (Å²) in [6.07, 6.45) is 3.29. The van der Waals surface area contributed by atoms with Crippen LogP contribution < -0.4 is 11.3 Å². The molecule has 116 valence electrons. The van der Waals surface area contributed by atoms with Crippen molar-refractivity contribution in [3.63, 3.8) is 0 Å². The zero-order valence-corrected chi connectivity index (χ0v) is 12.3. The minimum absolute atomic E-state index is 0.00919. The van der Waals surface area contributed by atoms with E-state index in [0.29, 0.717) is 23.1 Å². The second-order valence-electron chi connectivity index (χ2n) is 6.37. The summed E-state index contributed by atoms with van der Waals surface area (Å²) in [5.41, 5.74) is 7.81.